The molecule has 0 atom stereocenters. The molecule has 1 fully saturated rings. The van der Waals surface area contributed by atoms with Gasteiger partial charge in [0, 0.05) is 38.3 Å². The van der Waals surface area contributed by atoms with Crippen molar-refractivity contribution in [3.05, 3.63) is 42.2 Å². The lowest BCUT2D eigenvalue weighted by atomic mass is 10.0. The van der Waals surface area contributed by atoms with E-state index in [1.807, 2.05) is 17.8 Å². The fourth-order valence-electron chi connectivity index (χ4n) is 2.86. The van der Waals surface area contributed by atoms with Crippen LogP contribution in [0.2, 0.25) is 0 Å². The van der Waals surface area contributed by atoms with E-state index in [4.69, 9.17) is 0 Å². The van der Waals surface area contributed by atoms with Crippen LogP contribution in [0.5, 0.6) is 0 Å². The number of hydrogen-bond acceptors (Lipinski definition) is 4. The third kappa shape index (κ3) is 3.88. The molecule has 136 valence electrons. The van der Waals surface area contributed by atoms with E-state index in [1.165, 1.54) is 4.31 Å². The van der Waals surface area contributed by atoms with E-state index in [-0.39, 0.29) is 13.1 Å². The normalized spacial score (nSPS) is 17.1. The van der Waals surface area contributed by atoms with Crippen LogP contribution >= 0.6 is 11.8 Å². The second-order valence-electron chi connectivity index (χ2n) is 6.03. The molecule has 0 amide bonds. The van der Waals surface area contributed by atoms with Crippen molar-refractivity contribution in [2.24, 2.45) is 13.0 Å². The van der Waals surface area contributed by atoms with Crippen LogP contribution < -0.4 is 0 Å². The molecule has 0 saturated carbocycles. The predicted octanol–water partition coefficient (Wildman–Crippen LogP) is 2.89. The van der Waals surface area contributed by atoms with Gasteiger partial charge in [0.25, 0.3) is 0 Å². The number of sulfonamides is 1. The molecular weight excluding hydrogens is 368 g/mol. The zero-order valence-electron chi connectivity index (χ0n) is 13.7. The Balaban J connectivity index is 1.63. The molecule has 1 saturated heterocycles. The van der Waals surface area contributed by atoms with E-state index < -0.39 is 26.6 Å². The van der Waals surface area contributed by atoms with Gasteiger partial charge in [0.2, 0.25) is 10.0 Å². The summed E-state index contributed by atoms with van der Waals surface area (Å²) in [7, 11) is -2.23. The summed E-state index contributed by atoms with van der Waals surface area (Å²) in [4.78, 5) is 3.40. The van der Waals surface area contributed by atoms with Crippen molar-refractivity contribution in [2.75, 3.05) is 18.8 Å². The number of rotatable bonds is 5. The average molecular weight is 387 g/mol. The average Bonchev–Trinajstić information content (AvgIpc) is 2.98. The monoisotopic (exact) mass is 387 g/mol. The van der Waals surface area contributed by atoms with Gasteiger partial charge in [-0.1, -0.05) is 17.8 Å². The van der Waals surface area contributed by atoms with E-state index in [0.29, 0.717) is 18.8 Å². The first kappa shape index (κ1) is 18.3. The maximum absolute atomic E-state index is 13.8. The molecule has 5 nitrogen and oxygen atoms in total. The van der Waals surface area contributed by atoms with Crippen LogP contribution in [0.3, 0.4) is 0 Å². The van der Waals surface area contributed by atoms with Gasteiger partial charge in [-0.05, 0) is 30.9 Å². The van der Waals surface area contributed by atoms with Gasteiger partial charge < -0.3 is 4.57 Å². The lowest BCUT2D eigenvalue weighted by Crippen LogP contribution is -2.39. The largest absolute Gasteiger partial charge is 0.329 e. The number of thioether (sulfide) groups is 1. The molecule has 1 aliphatic rings. The Morgan fingerprint density at radius 2 is 1.88 bits per heavy atom. The minimum Gasteiger partial charge on any atom is -0.329 e. The van der Waals surface area contributed by atoms with Gasteiger partial charge in [-0.25, -0.2) is 22.2 Å². The summed E-state index contributed by atoms with van der Waals surface area (Å²) in [6, 6.07) is 3.09. The summed E-state index contributed by atoms with van der Waals surface area (Å²) in [6.45, 7) is 0.532. The third-order valence-corrected chi connectivity index (χ3v) is 7.56. The highest BCUT2D eigenvalue weighted by Crippen LogP contribution is 2.29. The van der Waals surface area contributed by atoms with Gasteiger partial charge >= 0.3 is 0 Å². The fraction of sp³-hybridized carbons (Fsp3) is 0.438. The topological polar surface area (TPSA) is 55.2 Å². The van der Waals surface area contributed by atoms with Crippen molar-refractivity contribution >= 4 is 21.8 Å². The smallest absolute Gasteiger partial charge is 0.248 e. The van der Waals surface area contributed by atoms with E-state index in [1.54, 1.807) is 18.0 Å². The molecule has 1 aromatic carbocycles. The van der Waals surface area contributed by atoms with Crippen molar-refractivity contribution < 1.29 is 17.2 Å². The van der Waals surface area contributed by atoms with Gasteiger partial charge in [0.1, 0.15) is 11.6 Å². The molecule has 0 bridgehead atoms. The zero-order chi connectivity index (χ0) is 18.0. The van der Waals surface area contributed by atoms with Gasteiger partial charge in [-0.3, -0.25) is 0 Å². The Morgan fingerprint density at radius 3 is 2.44 bits per heavy atom. The van der Waals surface area contributed by atoms with E-state index >= 15 is 0 Å². The van der Waals surface area contributed by atoms with Crippen LogP contribution in [0.4, 0.5) is 8.78 Å². The minimum atomic E-state index is -4.15. The number of aryl methyl sites for hydroxylation is 1. The maximum atomic E-state index is 13.8. The fourth-order valence-corrected chi connectivity index (χ4v) is 5.55. The quantitative estimate of drug-likeness (QED) is 0.741. The number of nitrogens with zero attached hydrogens (tertiary/aromatic N) is 3. The molecule has 1 aromatic heterocycles. The van der Waals surface area contributed by atoms with Gasteiger partial charge in [-0.2, -0.15) is 4.31 Å². The third-order valence-electron chi connectivity index (χ3n) is 4.32. The summed E-state index contributed by atoms with van der Waals surface area (Å²) < 4.78 is 55.9. The molecule has 25 heavy (non-hydrogen) atoms. The molecule has 0 unspecified atom stereocenters. The SMILES string of the molecule is Cn1ccnc1SCC1CCN(S(=O)(=O)c2c(F)cccc2F)CC1. The molecule has 0 N–H and O–H groups in total. The Hall–Kier alpha value is -1.45. The van der Waals surface area contributed by atoms with Gasteiger partial charge in [0.05, 0.1) is 0 Å². The molecule has 9 heteroatoms. The molecule has 1 aliphatic heterocycles. The maximum Gasteiger partial charge on any atom is 0.248 e. The summed E-state index contributed by atoms with van der Waals surface area (Å²) in [5, 5.41) is 0.920. The first-order valence-electron chi connectivity index (χ1n) is 7.94. The first-order valence-corrected chi connectivity index (χ1v) is 10.4. The summed E-state index contributed by atoms with van der Waals surface area (Å²) in [6.07, 6.45) is 4.93. The number of hydrogen-bond donors (Lipinski definition) is 0. The van der Waals surface area contributed by atoms with Crippen LogP contribution in [-0.2, 0) is 17.1 Å². The lowest BCUT2D eigenvalue weighted by molar-refractivity contribution is 0.289. The van der Waals surface area contributed by atoms with Crippen LogP contribution in [0.1, 0.15) is 12.8 Å². The van der Waals surface area contributed by atoms with Crippen LogP contribution in [-0.4, -0.2) is 41.1 Å². The molecule has 2 aromatic rings. The second-order valence-corrected chi connectivity index (χ2v) is 8.89. The van der Waals surface area contributed by atoms with Gasteiger partial charge in [-0.15, -0.1) is 0 Å². The Bertz CT molecular complexity index is 827. The number of piperidine rings is 1. The molecule has 0 spiro atoms. The van der Waals surface area contributed by atoms with Crippen molar-refractivity contribution in [3.8, 4) is 0 Å². The number of imidazole rings is 1. The van der Waals surface area contributed by atoms with Crippen molar-refractivity contribution in [1.82, 2.24) is 13.9 Å². The van der Waals surface area contributed by atoms with E-state index in [0.717, 1.165) is 29.1 Å². The summed E-state index contributed by atoms with van der Waals surface area (Å²) in [5.74, 6) is -0.911. The lowest BCUT2D eigenvalue weighted by Gasteiger charge is -2.31. The Labute approximate surface area is 150 Å². The van der Waals surface area contributed by atoms with Gasteiger partial charge in [0.15, 0.2) is 10.1 Å². The minimum absolute atomic E-state index is 0.266. The van der Waals surface area contributed by atoms with E-state index in [9.17, 15) is 17.2 Å². The highest BCUT2D eigenvalue weighted by Gasteiger charge is 2.33. The van der Waals surface area contributed by atoms with Crippen molar-refractivity contribution in [2.45, 2.75) is 22.9 Å². The van der Waals surface area contributed by atoms with Crippen molar-refractivity contribution in [1.29, 1.82) is 0 Å². The Kier molecular flexibility index (Phi) is 5.45. The van der Waals surface area contributed by atoms with Crippen LogP contribution in [0.25, 0.3) is 0 Å². The van der Waals surface area contributed by atoms with Crippen molar-refractivity contribution in [3.63, 3.8) is 0 Å². The summed E-state index contributed by atoms with van der Waals surface area (Å²) in [5.41, 5.74) is 0. The zero-order valence-corrected chi connectivity index (χ0v) is 15.4. The summed E-state index contributed by atoms with van der Waals surface area (Å²) >= 11 is 1.63. The second kappa shape index (κ2) is 7.43. The highest BCUT2D eigenvalue weighted by atomic mass is 32.2. The highest BCUT2D eigenvalue weighted by molar-refractivity contribution is 7.99. The number of aromatic nitrogens is 2. The Morgan fingerprint density at radius 1 is 1.24 bits per heavy atom. The first-order chi connectivity index (χ1) is 11.9. The van der Waals surface area contributed by atoms with E-state index in [2.05, 4.69) is 4.98 Å². The van der Waals surface area contributed by atoms with Crippen LogP contribution in [0.15, 0.2) is 40.6 Å². The molecule has 0 aliphatic carbocycles. The predicted molar refractivity (Wildman–Crippen MR) is 91.8 cm³/mol. The molecule has 3 rings (SSSR count). The molecular formula is C16H19F2N3O2S2. The molecule has 0 radical (unpaired) electrons. The molecule has 2 heterocycles. The standard InChI is InChI=1S/C16H19F2N3O2S2/c1-20-10-7-19-16(20)24-11-12-5-8-21(9-6-12)25(22,23)15-13(17)3-2-4-14(15)18/h2-4,7,10,12H,5-6,8-9,11H2,1H3. The number of halogens is 2. The van der Waals surface area contributed by atoms with Crippen LogP contribution in [0, 0.1) is 17.6 Å². The number of benzene rings is 1.